The maximum atomic E-state index is 13.2. The van der Waals surface area contributed by atoms with Crippen LogP contribution >= 0.6 is 0 Å². The third-order valence-corrected chi connectivity index (χ3v) is 4.75. The smallest absolute Gasteiger partial charge is 0.182 e. The molecule has 0 fully saturated rings. The van der Waals surface area contributed by atoms with Crippen molar-refractivity contribution in [3.05, 3.63) is 65.1 Å². The first-order valence-electron chi connectivity index (χ1n) is 9.04. The molecule has 4 nitrogen and oxygen atoms in total. The van der Waals surface area contributed by atoms with Crippen molar-refractivity contribution < 1.29 is 9.53 Å². The van der Waals surface area contributed by atoms with Crippen LogP contribution in [0.5, 0.6) is 5.75 Å². The van der Waals surface area contributed by atoms with Crippen molar-refractivity contribution in [2.75, 3.05) is 6.61 Å². The Morgan fingerprint density at radius 1 is 1.19 bits per heavy atom. The van der Waals surface area contributed by atoms with Gasteiger partial charge >= 0.3 is 0 Å². The number of Topliss-reactive ketones (excluding diaryl/α,β-unsaturated/α-hetero) is 1. The molecule has 0 bridgehead atoms. The van der Waals surface area contributed by atoms with E-state index in [2.05, 4.69) is 44.0 Å². The Kier molecular flexibility index (Phi) is 4.86. The van der Waals surface area contributed by atoms with E-state index in [4.69, 9.17) is 4.74 Å². The fraction of sp³-hybridized carbons (Fsp3) is 0.364. The molecule has 0 amide bonds. The molecule has 136 valence electrons. The van der Waals surface area contributed by atoms with E-state index >= 15 is 0 Å². The number of aryl methyl sites for hydroxylation is 2. The third-order valence-electron chi connectivity index (χ3n) is 4.75. The number of aromatic nitrogens is 2. The predicted octanol–water partition coefficient (Wildman–Crippen LogP) is 4.90. The van der Waals surface area contributed by atoms with E-state index in [9.17, 15) is 4.79 Å². The molecular weight excluding hydrogens is 324 g/mol. The fourth-order valence-electron chi connectivity index (χ4n) is 3.41. The van der Waals surface area contributed by atoms with E-state index in [0.717, 1.165) is 5.69 Å². The van der Waals surface area contributed by atoms with Gasteiger partial charge in [-0.25, -0.2) is 4.98 Å². The lowest BCUT2D eigenvalue weighted by molar-refractivity contribution is 0.0951. The van der Waals surface area contributed by atoms with Gasteiger partial charge in [0.2, 0.25) is 0 Å². The zero-order chi connectivity index (χ0) is 18.9. The monoisotopic (exact) mass is 350 g/mol. The van der Waals surface area contributed by atoms with Gasteiger partial charge in [0.05, 0.1) is 12.3 Å². The van der Waals surface area contributed by atoms with Gasteiger partial charge in [-0.3, -0.25) is 9.20 Å². The Morgan fingerprint density at radius 3 is 2.65 bits per heavy atom. The lowest BCUT2D eigenvalue weighted by atomic mass is 9.79. The van der Waals surface area contributed by atoms with Crippen molar-refractivity contribution in [3.63, 3.8) is 0 Å². The van der Waals surface area contributed by atoms with Crippen LogP contribution in [0, 0.1) is 13.8 Å². The number of hydrogen-bond donors (Lipinski definition) is 0. The van der Waals surface area contributed by atoms with E-state index in [1.54, 1.807) is 0 Å². The Hall–Kier alpha value is -2.62. The number of ketones is 1. The normalized spacial score (nSPS) is 11.7. The number of fused-ring (bicyclic) bond motifs is 1. The average Bonchev–Trinajstić information content (AvgIpc) is 2.92. The third kappa shape index (κ3) is 3.36. The summed E-state index contributed by atoms with van der Waals surface area (Å²) in [5.41, 5.74) is 4.20. The minimum Gasteiger partial charge on any atom is -0.490 e. The van der Waals surface area contributed by atoms with E-state index in [0.29, 0.717) is 30.1 Å². The Morgan fingerprint density at radius 2 is 1.96 bits per heavy atom. The average molecular weight is 350 g/mol. The quantitative estimate of drug-likeness (QED) is 0.594. The number of pyridine rings is 1. The van der Waals surface area contributed by atoms with Gasteiger partial charge in [0.1, 0.15) is 5.69 Å². The van der Waals surface area contributed by atoms with Crippen LogP contribution in [0.25, 0.3) is 5.65 Å². The molecule has 0 unspecified atom stereocenters. The second-order valence-electron chi connectivity index (χ2n) is 7.40. The van der Waals surface area contributed by atoms with Crippen LogP contribution in [0.2, 0.25) is 0 Å². The molecule has 3 aromatic rings. The molecule has 0 radical (unpaired) electrons. The van der Waals surface area contributed by atoms with Crippen molar-refractivity contribution in [1.29, 1.82) is 0 Å². The summed E-state index contributed by atoms with van der Waals surface area (Å²) < 4.78 is 7.51. The van der Waals surface area contributed by atoms with Crippen LogP contribution in [0.15, 0.2) is 42.6 Å². The molecule has 0 saturated carbocycles. The lowest BCUT2D eigenvalue weighted by Gasteiger charge is -2.25. The van der Waals surface area contributed by atoms with Crippen LogP contribution in [0.3, 0.4) is 0 Å². The number of imidazole rings is 1. The number of nitrogens with zero attached hydrogens (tertiary/aromatic N) is 2. The first-order valence-corrected chi connectivity index (χ1v) is 9.04. The molecule has 26 heavy (non-hydrogen) atoms. The molecule has 0 aliphatic rings. The highest BCUT2D eigenvalue weighted by molar-refractivity contribution is 5.97. The molecule has 4 heteroatoms. The standard InChI is InChI=1S/C22H26N2O2/c1-6-26-19-11-8-12-24-20(16(3)23-21(19)24)18(25)14-22(4,5)17-10-7-9-15(2)13-17/h7-13H,6,14H2,1-5H3. The van der Waals surface area contributed by atoms with Crippen LogP contribution in [0.1, 0.15) is 54.5 Å². The molecule has 0 spiro atoms. The number of benzene rings is 1. The second kappa shape index (κ2) is 6.94. The van der Waals surface area contributed by atoms with Gasteiger partial charge in [-0.15, -0.1) is 0 Å². The summed E-state index contributed by atoms with van der Waals surface area (Å²) in [7, 11) is 0. The van der Waals surface area contributed by atoms with E-state index in [1.165, 1.54) is 11.1 Å². The molecule has 2 heterocycles. The fourth-order valence-corrected chi connectivity index (χ4v) is 3.41. The van der Waals surface area contributed by atoms with Crippen molar-refractivity contribution in [1.82, 2.24) is 9.38 Å². The Balaban J connectivity index is 1.98. The van der Waals surface area contributed by atoms with Crippen molar-refractivity contribution in [2.24, 2.45) is 0 Å². The molecular formula is C22H26N2O2. The van der Waals surface area contributed by atoms with Crippen LogP contribution in [-0.4, -0.2) is 21.8 Å². The molecule has 0 atom stereocenters. The molecule has 0 N–H and O–H groups in total. The van der Waals surface area contributed by atoms with Gasteiger partial charge in [0, 0.05) is 12.6 Å². The summed E-state index contributed by atoms with van der Waals surface area (Å²) in [6.07, 6.45) is 2.30. The molecule has 3 rings (SSSR count). The number of carbonyl (C=O) groups excluding carboxylic acids is 1. The number of hydrogen-bond acceptors (Lipinski definition) is 3. The minimum absolute atomic E-state index is 0.0927. The van der Waals surface area contributed by atoms with Crippen molar-refractivity contribution in [2.45, 2.75) is 46.5 Å². The van der Waals surface area contributed by atoms with E-state index in [1.807, 2.05) is 42.6 Å². The number of carbonyl (C=O) groups is 1. The molecule has 0 saturated heterocycles. The highest BCUT2D eigenvalue weighted by atomic mass is 16.5. The van der Waals surface area contributed by atoms with Gasteiger partial charge in [0.25, 0.3) is 0 Å². The zero-order valence-corrected chi connectivity index (χ0v) is 16.2. The summed E-state index contributed by atoms with van der Waals surface area (Å²) in [6, 6.07) is 12.1. The zero-order valence-electron chi connectivity index (χ0n) is 16.2. The minimum atomic E-state index is -0.253. The highest BCUT2D eigenvalue weighted by Gasteiger charge is 2.28. The van der Waals surface area contributed by atoms with E-state index < -0.39 is 0 Å². The molecule has 2 aromatic heterocycles. The van der Waals surface area contributed by atoms with Crippen molar-refractivity contribution >= 4 is 11.4 Å². The number of ether oxygens (including phenoxy) is 1. The topological polar surface area (TPSA) is 43.6 Å². The Labute approximate surface area is 154 Å². The summed E-state index contributed by atoms with van der Waals surface area (Å²) in [4.78, 5) is 17.8. The highest BCUT2D eigenvalue weighted by Crippen LogP contribution is 2.31. The predicted molar refractivity (Wildman–Crippen MR) is 104 cm³/mol. The van der Waals surface area contributed by atoms with Gasteiger partial charge in [-0.1, -0.05) is 43.7 Å². The SMILES string of the molecule is CCOc1cccn2c(C(=O)CC(C)(C)c3cccc(C)c3)c(C)nc12. The van der Waals surface area contributed by atoms with Gasteiger partial charge < -0.3 is 4.74 Å². The van der Waals surface area contributed by atoms with Crippen LogP contribution < -0.4 is 4.74 Å². The van der Waals surface area contributed by atoms with E-state index in [-0.39, 0.29) is 11.2 Å². The summed E-state index contributed by atoms with van der Waals surface area (Å²) in [6.45, 7) is 10.7. The van der Waals surface area contributed by atoms with Gasteiger partial charge in [0.15, 0.2) is 17.2 Å². The largest absolute Gasteiger partial charge is 0.490 e. The Bertz CT molecular complexity index is 954. The van der Waals surface area contributed by atoms with Crippen LogP contribution in [0.4, 0.5) is 0 Å². The summed E-state index contributed by atoms with van der Waals surface area (Å²) in [5.74, 6) is 0.797. The molecule has 0 aliphatic carbocycles. The first kappa shape index (κ1) is 18.2. The molecule has 1 aromatic carbocycles. The van der Waals surface area contributed by atoms with Crippen molar-refractivity contribution in [3.8, 4) is 5.75 Å². The molecule has 0 aliphatic heterocycles. The number of rotatable bonds is 6. The first-order chi connectivity index (χ1) is 12.3. The van der Waals surface area contributed by atoms with Gasteiger partial charge in [-0.05, 0) is 43.9 Å². The maximum Gasteiger partial charge on any atom is 0.182 e. The van der Waals surface area contributed by atoms with Gasteiger partial charge in [-0.2, -0.15) is 0 Å². The van der Waals surface area contributed by atoms with Crippen LogP contribution in [-0.2, 0) is 5.41 Å². The summed E-state index contributed by atoms with van der Waals surface area (Å²) in [5, 5.41) is 0. The maximum absolute atomic E-state index is 13.2. The summed E-state index contributed by atoms with van der Waals surface area (Å²) >= 11 is 0. The lowest BCUT2D eigenvalue weighted by Crippen LogP contribution is -2.23. The second-order valence-corrected chi connectivity index (χ2v) is 7.40.